The molecule has 0 aromatic heterocycles. The molecule has 0 bridgehead atoms. The van der Waals surface area contributed by atoms with E-state index in [1.54, 1.807) is 0 Å². The average Bonchev–Trinajstić information content (AvgIpc) is 2.47. The van der Waals surface area contributed by atoms with Crippen molar-refractivity contribution in [3.8, 4) is 0 Å². The molecule has 0 saturated carbocycles. The fourth-order valence-corrected chi connectivity index (χ4v) is 2.24. The Bertz CT molecular complexity index is 416. The van der Waals surface area contributed by atoms with Gasteiger partial charge < -0.3 is 5.32 Å². The Morgan fingerprint density at radius 3 is 2.92 bits per heavy atom. The number of allylic oxidation sites excluding steroid dienone is 8. The summed E-state index contributed by atoms with van der Waals surface area (Å²) in [7, 11) is 0. The molecule has 1 N–H and O–H groups in total. The SMILES string of the molecule is CC1=C2C=CC=C3C=CC=C(N1)C32. The van der Waals surface area contributed by atoms with E-state index in [2.05, 4.69) is 48.7 Å². The molecule has 64 valence electrons. The van der Waals surface area contributed by atoms with Gasteiger partial charge in [-0.2, -0.15) is 0 Å². The monoisotopic (exact) mass is 169 g/mol. The van der Waals surface area contributed by atoms with Crippen LogP contribution in [0.5, 0.6) is 0 Å². The van der Waals surface area contributed by atoms with Gasteiger partial charge in [0.15, 0.2) is 0 Å². The zero-order valence-corrected chi connectivity index (χ0v) is 7.54. The average molecular weight is 169 g/mol. The van der Waals surface area contributed by atoms with Crippen molar-refractivity contribution in [3.05, 3.63) is 59.0 Å². The van der Waals surface area contributed by atoms with Crippen molar-refractivity contribution < 1.29 is 0 Å². The van der Waals surface area contributed by atoms with Gasteiger partial charge in [-0.3, -0.25) is 0 Å². The van der Waals surface area contributed by atoms with Gasteiger partial charge in [-0.15, -0.1) is 0 Å². The van der Waals surface area contributed by atoms with Gasteiger partial charge in [0.05, 0.1) is 5.92 Å². The predicted molar refractivity (Wildman–Crippen MR) is 53.8 cm³/mol. The molecule has 1 unspecified atom stereocenters. The van der Waals surface area contributed by atoms with Gasteiger partial charge in [-0.05, 0) is 24.1 Å². The van der Waals surface area contributed by atoms with Gasteiger partial charge in [0.2, 0.25) is 0 Å². The first kappa shape index (κ1) is 6.96. The Hall–Kier alpha value is -1.50. The Balaban J connectivity index is 2.23. The lowest BCUT2D eigenvalue weighted by molar-refractivity contribution is 0.849. The van der Waals surface area contributed by atoms with Crippen molar-refractivity contribution in [1.82, 2.24) is 5.32 Å². The first-order chi connectivity index (χ1) is 6.36. The molecule has 1 aliphatic heterocycles. The third-order valence-electron chi connectivity index (χ3n) is 2.85. The number of nitrogens with one attached hydrogen (secondary N) is 1. The highest BCUT2D eigenvalue weighted by atomic mass is 14.9. The number of hydrogen-bond acceptors (Lipinski definition) is 1. The van der Waals surface area contributed by atoms with E-state index in [0.29, 0.717) is 5.92 Å². The minimum absolute atomic E-state index is 0.495. The normalized spacial score (nSPS) is 28.2. The van der Waals surface area contributed by atoms with Crippen LogP contribution in [0.3, 0.4) is 0 Å². The van der Waals surface area contributed by atoms with E-state index >= 15 is 0 Å². The molecule has 1 atom stereocenters. The van der Waals surface area contributed by atoms with Gasteiger partial charge in [0, 0.05) is 11.4 Å². The van der Waals surface area contributed by atoms with E-state index < -0.39 is 0 Å². The highest BCUT2D eigenvalue weighted by molar-refractivity contribution is 5.56. The van der Waals surface area contributed by atoms with E-state index in [0.717, 1.165) is 0 Å². The Morgan fingerprint density at radius 2 is 2.00 bits per heavy atom. The molecule has 0 spiro atoms. The first-order valence-electron chi connectivity index (χ1n) is 4.60. The fourth-order valence-electron chi connectivity index (χ4n) is 2.24. The standard InChI is InChI=1S/C12H11N/c1-8-10-6-2-4-9-5-3-7-11(13-8)12(9)10/h2-7,12-13H,1H3. The van der Waals surface area contributed by atoms with Crippen LogP contribution >= 0.6 is 0 Å². The third-order valence-corrected chi connectivity index (χ3v) is 2.85. The summed E-state index contributed by atoms with van der Waals surface area (Å²) in [6.07, 6.45) is 13.0. The van der Waals surface area contributed by atoms with Crippen molar-refractivity contribution in [2.75, 3.05) is 0 Å². The van der Waals surface area contributed by atoms with Crippen LogP contribution < -0.4 is 5.32 Å². The summed E-state index contributed by atoms with van der Waals surface area (Å²) >= 11 is 0. The fraction of sp³-hybridized carbons (Fsp3) is 0.167. The Labute approximate surface area is 77.8 Å². The summed E-state index contributed by atoms with van der Waals surface area (Å²) in [5.74, 6) is 0.495. The number of hydrogen-bond donors (Lipinski definition) is 1. The maximum Gasteiger partial charge on any atom is 0.0507 e. The van der Waals surface area contributed by atoms with Crippen molar-refractivity contribution in [3.63, 3.8) is 0 Å². The molecule has 0 saturated heterocycles. The van der Waals surface area contributed by atoms with Crippen LogP contribution in [0.25, 0.3) is 0 Å². The Morgan fingerprint density at radius 1 is 1.15 bits per heavy atom. The summed E-state index contributed by atoms with van der Waals surface area (Å²) in [6.45, 7) is 2.14. The van der Waals surface area contributed by atoms with E-state index in [-0.39, 0.29) is 0 Å². The van der Waals surface area contributed by atoms with Crippen LogP contribution in [0.1, 0.15) is 6.92 Å². The zero-order valence-electron chi connectivity index (χ0n) is 7.54. The van der Waals surface area contributed by atoms with Crippen LogP contribution in [0.2, 0.25) is 0 Å². The molecule has 3 aliphatic rings. The number of rotatable bonds is 0. The van der Waals surface area contributed by atoms with Gasteiger partial charge in [-0.25, -0.2) is 0 Å². The summed E-state index contributed by atoms with van der Waals surface area (Å²) in [5.41, 5.74) is 5.44. The smallest absolute Gasteiger partial charge is 0.0507 e. The van der Waals surface area contributed by atoms with Crippen LogP contribution in [0.15, 0.2) is 59.0 Å². The predicted octanol–water partition coefficient (Wildman–Crippen LogP) is 2.43. The second-order valence-corrected chi connectivity index (χ2v) is 3.65. The molecule has 1 heteroatoms. The molecular formula is C12H11N. The van der Waals surface area contributed by atoms with Crippen molar-refractivity contribution >= 4 is 0 Å². The minimum Gasteiger partial charge on any atom is -0.361 e. The third kappa shape index (κ3) is 0.816. The van der Waals surface area contributed by atoms with Crippen LogP contribution in [0, 0.1) is 5.92 Å². The van der Waals surface area contributed by atoms with E-state index in [4.69, 9.17) is 0 Å². The molecular weight excluding hydrogens is 158 g/mol. The lowest BCUT2D eigenvalue weighted by Crippen LogP contribution is -2.13. The highest BCUT2D eigenvalue weighted by Crippen LogP contribution is 2.39. The maximum atomic E-state index is 3.42. The molecule has 0 fully saturated rings. The van der Waals surface area contributed by atoms with E-state index in [9.17, 15) is 0 Å². The van der Waals surface area contributed by atoms with Gasteiger partial charge in [0.1, 0.15) is 0 Å². The summed E-state index contributed by atoms with van der Waals surface area (Å²) in [6, 6.07) is 0. The molecule has 2 aliphatic carbocycles. The van der Waals surface area contributed by atoms with E-state index in [1.807, 2.05) is 0 Å². The minimum atomic E-state index is 0.495. The largest absolute Gasteiger partial charge is 0.361 e. The molecule has 1 nitrogen and oxygen atoms in total. The van der Waals surface area contributed by atoms with Gasteiger partial charge in [0.25, 0.3) is 0 Å². The van der Waals surface area contributed by atoms with Crippen LogP contribution in [-0.4, -0.2) is 0 Å². The second-order valence-electron chi connectivity index (χ2n) is 3.65. The van der Waals surface area contributed by atoms with Gasteiger partial charge in [-0.1, -0.05) is 30.4 Å². The van der Waals surface area contributed by atoms with E-state index in [1.165, 1.54) is 22.5 Å². The second kappa shape index (κ2) is 2.25. The molecule has 0 aromatic rings. The molecule has 0 aromatic carbocycles. The lowest BCUT2D eigenvalue weighted by atomic mass is 9.84. The topological polar surface area (TPSA) is 12.0 Å². The Kier molecular flexibility index (Phi) is 1.21. The van der Waals surface area contributed by atoms with Crippen molar-refractivity contribution in [2.24, 2.45) is 5.92 Å². The quantitative estimate of drug-likeness (QED) is 0.587. The zero-order chi connectivity index (χ0) is 8.84. The van der Waals surface area contributed by atoms with Crippen LogP contribution in [0.4, 0.5) is 0 Å². The van der Waals surface area contributed by atoms with Crippen molar-refractivity contribution in [1.29, 1.82) is 0 Å². The molecule has 1 heterocycles. The lowest BCUT2D eigenvalue weighted by Gasteiger charge is -2.20. The summed E-state index contributed by atoms with van der Waals surface area (Å²) in [4.78, 5) is 0. The summed E-state index contributed by atoms with van der Waals surface area (Å²) < 4.78 is 0. The molecule has 0 radical (unpaired) electrons. The van der Waals surface area contributed by atoms with Crippen LogP contribution in [-0.2, 0) is 0 Å². The highest BCUT2D eigenvalue weighted by Gasteiger charge is 2.30. The van der Waals surface area contributed by atoms with Crippen molar-refractivity contribution in [2.45, 2.75) is 6.92 Å². The maximum absolute atomic E-state index is 3.42. The summed E-state index contributed by atoms with van der Waals surface area (Å²) in [5, 5.41) is 3.42. The molecule has 13 heavy (non-hydrogen) atoms. The van der Waals surface area contributed by atoms with Gasteiger partial charge >= 0.3 is 0 Å². The first-order valence-corrected chi connectivity index (χ1v) is 4.60. The molecule has 3 rings (SSSR count). The molecule has 0 amide bonds.